The molecule has 2 unspecified atom stereocenters. The largest absolute Gasteiger partial charge is 0.466 e. The molecular weight excluding hydrogens is 779 g/mol. The fourth-order valence-electron chi connectivity index (χ4n) is 8.39. The summed E-state index contributed by atoms with van der Waals surface area (Å²) >= 11 is 0. The lowest BCUT2D eigenvalue weighted by Crippen LogP contribution is -2.45. The van der Waals surface area contributed by atoms with Crippen molar-refractivity contribution in [3.63, 3.8) is 0 Å². The number of unbranched alkanes of at least 4 members (excludes halogenated alkanes) is 35. The molecule has 0 aromatic heterocycles. The van der Waals surface area contributed by atoms with Crippen molar-refractivity contribution in [1.82, 2.24) is 5.32 Å². The van der Waals surface area contributed by atoms with Gasteiger partial charge in [-0.2, -0.15) is 0 Å². The second kappa shape index (κ2) is 52.7. The van der Waals surface area contributed by atoms with Crippen LogP contribution in [0.15, 0.2) is 36.5 Å². The van der Waals surface area contributed by atoms with Crippen LogP contribution in [0.1, 0.15) is 290 Å². The molecule has 0 rings (SSSR count). The van der Waals surface area contributed by atoms with E-state index < -0.39 is 12.1 Å². The van der Waals surface area contributed by atoms with E-state index in [1.807, 2.05) is 0 Å². The van der Waals surface area contributed by atoms with Crippen LogP contribution in [0.2, 0.25) is 0 Å². The molecule has 0 fully saturated rings. The number of carbonyl (C=O) groups excluding carboxylic acids is 2. The maximum atomic E-state index is 12.4. The van der Waals surface area contributed by atoms with E-state index in [-0.39, 0.29) is 18.5 Å². The number of nitrogens with one attached hydrogen (secondary N) is 1. The Morgan fingerprint density at radius 3 is 1.22 bits per heavy atom. The zero-order chi connectivity index (χ0) is 45.8. The molecule has 370 valence electrons. The maximum absolute atomic E-state index is 12.4. The number of carbonyl (C=O) groups is 2. The number of amides is 1. The Labute approximate surface area is 392 Å². The van der Waals surface area contributed by atoms with Crippen LogP contribution in [-0.2, 0) is 14.3 Å². The second-order valence-electron chi connectivity index (χ2n) is 18.9. The third-order valence-corrected chi connectivity index (χ3v) is 12.7. The van der Waals surface area contributed by atoms with Crippen molar-refractivity contribution in [3.8, 4) is 0 Å². The number of esters is 1. The molecule has 0 aliphatic carbocycles. The molecule has 3 N–H and O–H groups in total. The number of hydrogen-bond donors (Lipinski definition) is 3. The van der Waals surface area contributed by atoms with Crippen LogP contribution in [0.25, 0.3) is 0 Å². The third-order valence-electron chi connectivity index (χ3n) is 12.7. The van der Waals surface area contributed by atoms with Gasteiger partial charge >= 0.3 is 5.97 Å². The van der Waals surface area contributed by atoms with Crippen molar-refractivity contribution >= 4 is 11.9 Å². The predicted molar refractivity (Wildman–Crippen MR) is 273 cm³/mol. The minimum atomic E-state index is -0.678. The zero-order valence-corrected chi connectivity index (χ0v) is 42.1. The van der Waals surface area contributed by atoms with Gasteiger partial charge in [-0.25, -0.2) is 0 Å². The van der Waals surface area contributed by atoms with Crippen molar-refractivity contribution in [3.05, 3.63) is 36.5 Å². The van der Waals surface area contributed by atoms with Crippen LogP contribution in [0.4, 0.5) is 0 Å². The Morgan fingerprint density at radius 1 is 0.444 bits per heavy atom. The fraction of sp³-hybridized carbons (Fsp3) is 0.860. The number of rotatable bonds is 51. The molecule has 0 aliphatic heterocycles. The van der Waals surface area contributed by atoms with Crippen LogP contribution in [0.3, 0.4) is 0 Å². The van der Waals surface area contributed by atoms with E-state index in [4.69, 9.17) is 4.74 Å². The normalized spacial score (nSPS) is 12.9. The van der Waals surface area contributed by atoms with Gasteiger partial charge in [0.1, 0.15) is 0 Å². The fourth-order valence-corrected chi connectivity index (χ4v) is 8.39. The molecule has 6 nitrogen and oxygen atoms in total. The molecule has 2 atom stereocenters. The highest BCUT2D eigenvalue weighted by Gasteiger charge is 2.20. The average molecular weight is 886 g/mol. The van der Waals surface area contributed by atoms with Gasteiger partial charge in [-0.1, -0.05) is 230 Å². The third kappa shape index (κ3) is 49.4. The van der Waals surface area contributed by atoms with Crippen LogP contribution < -0.4 is 5.32 Å². The molecule has 63 heavy (non-hydrogen) atoms. The first kappa shape index (κ1) is 61.1. The van der Waals surface area contributed by atoms with Gasteiger partial charge in [0, 0.05) is 12.8 Å². The first-order chi connectivity index (χ1) is 31.0. The van der Waals surface area contributed by atoms with Gasteiger partial charge in [-0.3, -0.25) is 9.59 Å². The minimum absolute atomic E-state index is 0.0248. The van der Waals surface area contributed by atoms with Crippen molar-refractivity contribution in [1.29, 1.82) is 0 Å². The lowest BCUT2D eigenvalue weighted by Gasteiger charge is -2.22. The van der Waals surface area contributed by atoms with E-state index in [1.54, 1.807) is 0 Å². The Bertz CT molecular complexity index is 1020. The lowest BCUT2D eigenvalue weighted by molar-refractivity contribution is -0.143. The van der Waals surface area contributed by atoms with Gasteiger partial charge in [-0.05, 0) is 83.5 Å². The minimum Gasteiger partial charge on any atom is -0.466 e. The van der Waals surface area contributed by atoms with E-state index in [2.05, 4.69) is 55.6 Å². The topological polar surface area (TPSA) is 95.9 Å². The summed E-state index contributed by atoms with van der Waals surface area (Å²) in [5.74, 6) is -0.0829. The summed E-state index contributed by atoms with van der Waals surface area (Å²) in [5.41, 5.74) is 0. The molecule has 0 aromatic carbocycles. The standard InChI is InChI=1S/C57H107NO5/c1-3-5-7-9-11-13-15-17-18-19-20-23-27-31-35-39-43-47-51-57(62)63-52-48-44-40-36-32-28-24-21-22-26-30-34-38-42-46-50-56(61)58-54(53-59)55(60)49-45-41-37-33-29-25-16-14-12-10-8-6-4-2/h18-19,21,24,28,32,54-55,59-60H,3-17,20,22-23,25-27,29-31,33-53H2,1-2H3,(H,58,61)/b19-18-,24-21-,32-28-. The van der Waals surface area contributed by atoms with Gasteiger partial charge in [0.05, 0.1) is 25.4 Å². The number of aliphatic hydroxyl groups excluding tert-OH is 2. The van der Waals surface area contributed by atoms with Gasteiger partial charge in [0.2, 0.25) is 5.91 Å². The number of ether oxygens (including phenoxy) is 1. The molecule has 0 aromatic rings. The molecule has 6 heteroatoms. The second-order valence-corrected chi connectivity index (χ2v) is 18.9. The van der Waals surface area contributed by atoms with Gasteiger partial charge in [0.25, 0.3) is 0 Å². The van der Waals surface area contributed by atoms with E-state index in [9.17, 15) is 19.8 Å². The summed E-state index contributed by atoms with van der Waals surface area (Å²) in [6.45, 7) is 4.89. The summed E-state index contributed by atoms with van der Waals surface area (Å²) in [4.78, 5) is 24.5. The molecule has 0 saturated heterocycles. The lowest BCUT2D eigenvalue weighted by atomic mass is 10.0. The summed E-state index contributed by atoms with van der Waals surface area (Å²) in [6.07, 6.45) is 64.1. The van der Waals surface area contributed by atoms with Crippen LogP contribution in [0, 0.1) is 0 Å². The van der Waals surface area contributed by atoms with Crippen molar-refractivity contribution in [2.75, 3.05) is 13.2 Å². The van der Waals surface area contributed by atoms with Gasteiger partial charge < -0.3 is 20.3 Å². The van der Waals surface area contributed by atoms with Crippen LogP contribution in [-0.4, -0.2) is 47.4 Å². The summed E-state index contributed by atoms with van der Waals surface area (Å²) in [5, 5.41) is 23.2. The first-order valence-electron chi connectivity index (χ1n) is 27.8. The number of allylic oxidation sites excluding steroid dienone is 6. The summed E-state index contributed by atoms with van der Waals surface area (Å²) < 4.78 is 5.45. The summed E-state index contributed by atoms with van der Waals surface area (Å²) in [7, 11) is 0. The van der Waals surface area contributed by atoms with Crippen molar-refractivity contribution in [2.45, 2.75) is 302 Å². The first-order valence-corrected chi connectivity index (χ1v) is 27.8. The van der Waals surface area contributed by atoms with Gasteiger partial charge in [0.15, 0.2) is 0 Å². The molecule has 0 radical (unpaired) electrons. The van der Waals surface area contributed by atoms with E-state index in [0.29, 0.717) is 25.9 Å². The SMILES string of the molecule is CCCCCCCCC/C=C\CCCCCCCCCC(=O)OCCCCC/C=C\C=C/CCCCCCCCC(=O)NC(CO)C(O)CCCCCCCCCCCCCCC. The quantitative estimate of drug-likeness (QED) is 0.0245. The molecule has 0 aliphatic rings. The Balaban J connectivity index is 3.50. The van der Waals surface area contributed by atoms with Crippen LogP contribution in [0.5, 0.6) is 0 Å². The van der Waals surface area contributed by atoms with E-state index in [0.717, 1.165) is 77.0 Å². The highest BCUT2D eigenvalue weighted by Crippen LogP contribution is 2.16. The van der Waals surface area contributed by atoms with Crippen LogP contribution >= 0.6 is 0 Å². The highest BCUT2D eigenvalue weighted by atomic mass is 16.5. The molecule has 0 saturated carbocycles. The monoisotopic (exact) mass is 886 g/mol. The van der Waals surface area contributed by atoms with Gasteiger partial charge in [-0.15, -0.1) is 0 Å². The van der Waals surface area contributed by atoms with E-state index in [1.165, 1.54) is 180 Å². The van der Waals surface area contributed by atoms with Crippen molar-refractivity contribution in [2.24, 2.45) is 0 Å². The Hall–Kier alpha value is -1.92. The highest BCUT2D eigenvalue weighted by molar-refractivity contribution is 5.76. The maximum Gasteiger partial charge on any atom is 0.305 e. The zero-order valence-electron chi connectivity index (χ0n) is 42.1. The molecule has 1 amide bonds. The summed E-state index contributed by atoms with van der Waals surface area (Å²) in [6, 6.07) is -0.558. The number of hydrogen-bond acceptors (Lipinski definition) is 5. The molecule has 0 bridgehead atoms. The average Bonchev–Trinajstić information content (AvgIpc) is 3.28. The van der Waals surface area contributed by atoms with E-state index >= 15 is 0 Å². The van der Waals surface area contributed by atoms with Crippen molar-refractivity contribution < 1.29 is 24.5 Å². The number of aliphatic hydroxyl groups is 2. The Kier molecular flexibility index (Phi) is 51.1. The molecule has 0 spiro atoms. The molecular formula is C57H107NO5. The molecule has 0 heterocycles. The smallest absolute Gasteiger partial charge is 0.305 e. The Morgan fingerprint density at radius 2 is 0.794 bits per heavy atom. The predicted octanol–water partition coefficient (Wildman–Crippen LogP) is 16.9.